The Morgan fingerprint density at radius 3 is 1.82 bits per heavy atom. The zero-order valence-electron chi connectivity index (χ0n) is 28.3. The molecule has 0 N–H and O–H groups in total. The quantitative estimate of drug-likeness (QED) is 0.179. The molecule has 0 unspecified atom stereocenters. The van der Waals surface area contributed by atoms with Crippen LogP contribution in [0, 0.1) is 22.7 Å². The largest absolute Gasteiger partial charge is 0.309 e. The van der Waals surface area contributed by atoms with Crippen LogP contribution in [-0.2, 0) is 10.8 Å². The number of nitriles is 2. The number of para-hydroxylation sites is 2. The number of carbonyl (C=O) groups is 1. The Labute approximate surface area is 292 Å². The van der Waals surface area contributed by atoms with E-state index in [1.54, 1.807) is 12.1 Å². The summed E-state index contributed by atoms with van der Waals surface area (Å²) in [6.45, 7) is 8.93. The topological polar surface area (TPSA) is 71.1 Å². The van der Waals surface area contributed by atoms with E-state index >= 15 is 0 Å². The summed E-state index contributed by atoms with van der Waals surface area (Å²) in [5.41, 5.74) is 19.1. The average Bonchev–Trinajstić information content (AvgIpc) is 3.40. The van der Waals surface area contributed by atoms with Crippen LogP contribution in [0.3, 0.4) is 0 Å². The molecule has 0 radical (unpaired) electrons. The minimum absolute atomic E-state index is 0.178. The van der Waals surface area contributed by atoms with Gasteiger partial charge in [0.15, 0.2) is 5.78 Å². The lowest BCUT2D eigenvalue weighted by molar-refractivity contribution is 0.104. The first-order valence-corrected chi connectivity index (χ1v) is 17.0. The summed E-state index contributed by atoms with van der Waals surface area (Å²) in [7, 11) is 0. The Hall–Kier alpha value is -6.35. The van der Waals surface area contributed by atoms with E-state index in [0.29, 0.717) is 27.9 Å². The van der Waals surface area contributed by atoms with Crippen LogP contribution >= 0.6 is 0 Å². The molecule has 2 heterocycles. The number of allylic oxidation sites excluding steroid dienone is 6. The molecule has 0 amide bonds. The minimum atomic E-state index is -0.302. The third-order valence-corrected chi connectivity index (χ3v) is 11.2. The van der Waals surface area contributed by atoms with Gasteiger partial charge >= 0.3 is 0 Å². The Kier molecular flexibility index (Phi) is 6.15. The summed E-state index contributed by atoms with van der Waals surface area (Å²) >= 11 is 0. The van der Waals surface area contributed by atoms with Gasteiger partial charge in [-0.15, -0.1) is 0 Å². The highest BCUT2D eigenvalue weighted by Crippen LogP contribution is 2.55. The molecule has 238 valence electrons. The predicted octanol–water partition coefficient (Wildman–Crippen LogP) is 10.2. The molecule has 50 heavy (non-hydrogen) atoms. The van der Waals surface area contributed by atoms with Gasteiger partial charge in [-0.3, -0.25) is 4.79 Å². The van der Waals surface area contributed by atoms with E-state index in [4.69, 9.17) is 0 Å². The minimum Gasteiger partial charge on any atom is -0.309 e. The summed E-state index contributed by atoms with van der Waals surface area (Å²) in [5, 5.41) is 21.1. The highest BCUT2D eigenvalue weighted by atomic mass is 16.1. The fourth-order valence-corrected chi connectivity index (χ4v) is 8.67. The summed E-state index contributed by atoms with van der Waals surface area (Å²) in [4.78, 5) is 18.5. The lowest BCUT2D eigenvalue weighted by Crippen LogP contribution is -2.36. The van der Waals surface area contributed by atoms with Crippen LogP contribution in [0.15, 0.2) is 131 Å². The van der Waals surface area contributed by atoms with Crippen molar-refractivity contribution >= 4 is 28.5 Å². The third kappa shape index (κ3) is 3.85. The maximum atomic E-state index is 14.1. The van der Waals surface area contributed by atoms with E-state index in [2.05, 4.69) is 104 Å². The molecular weight excluding hydrogens is 613 g/mol. The van der Waals surface area contributed by atoms with Gasteiger partial charge < -0.3 is 9.80 Å². The first-order chi connectivity index (χ1) is 24.2. The molecule has 0 aromatic heterocycles. The van der Waals surface area contributed by atoms with Crippen molar-refractivity contribution < 1.29 is 4.79 Å². The molecule has 5 nitrogen and oxygen atoms in total. The standard InChI is InChI=1S/C45H32N4O/c1-44(2)33-13-5-9-17-37(33)48(38-18-10-6-14-34(38)44)41-23-29-30-24-42(28(26-47)22-32(30)43(50)31(29)21-27(41)25-46)49-39-19-11-7-15-35(39)45(3,4)36-16-8-12-20-40(36)49/h5,7,9,11,13-24H,6,10H2,1-4H3. The summed E-state index contributed by atoms with van der Waals surface area (Å²) in [6.07, 6.45) is 10.4. The number of rotatable bonds is 2. The molecule has 0 saturated carbocycles. The van der Waals surface area contributed by atoms with E-state index in [1.165, 1.54) is 11.1 Å². The Morgan fingerprint density at radius 2 is 1.18 bits per heavy atom. The zero-order valence-corrected chi connectivity index (χ0v) is 28.3. The van der Waals surface area contributed by atoms with Crippen molar-refractivity contribution in [3.05, 3.63) is 164 Å². The average molecular weight is 645 g/mol. The van der Waals surface area contributed by atoms with Crippen molar-refractivity contribution in [1.29, 1.82) is 10.5 Å². The molecule has 9 rings (SSSR count). The fourth-order valence-electron chi connectivity index (χ4n) is 8.67. The molecular formula is C45H32N4O. The normalized spacial score (nSPS) is 18.2. The second kappa shape index (κ2) is 10.3. The van der Waals surface area contributed by atoms with Gasteiger partial charge in [-0.2, -0.15) is 10.5 Å². The number of ketones is 1. The monoisotopic (exact) mass is 644 g/mol. The molecule has 0 fully saturated rings. The smallest absolute Gasteiger partial charge is 0.194 e. The molecule has 2 aliphatic heterocycles. The number of anilines is 4. The first-order valence-electron chi connectivity index (χ1n) is 17.0. The highest BCUT2D eigenvalue weighted by molar-refractivity contribution is 6.23. The number of benzene rings is 4. The zero-order chi connectivity index (χ0) is 34.5. The summed E-state index contributed by atoms with van der Waals surface area (Å²) < 4.78 is 0. The second-order valence-corrected chi connectivity index (χ2v) is 14.5. The second-order valence-electron chi connectivity index (χ2n) is 14.5. The number of hydrogen-bond acceptors (Lipinski definition) is 5. The van der Waals surface area contributed by atoms with Crippen LogP contribution in [0.2, 0.25) is 0 Å². The van der Waals surface area contributed by atoms with E-state index in [1.807, 2.05) is 42.5 Å². The van der Waals surface area contributed by atoms with Gasteiger partial charge in [0.05, 0.1) is 39.6 Å². The number of hydrogen-bond donors (Lipinski definition) is 0. The summed E-state index contributed by atoms with van der Waals surface area (Å²) in [6, 6.07) is 29.0. The molecule has 4 aromatic rings. The van der Waals surface area contributed by atoms with Gasteiger partial charge in [0.1, 0.15) is 12.1 Å². The number of nitrogens with zero attached hydrogens (tertiary/aromatic N) is 4. The molecule has 0 saturated heterocycles. The van der Waals surface area contributed by atoms with Crippen LogP contribution in [0.5, 0.6) is 0 Å². The van der Waals surface area contributed by atoms with Gasteiger partial charge in [-0.25, -0.2) is 0 Å². The van der Waals surface area contributed by atoms with Crippen molar-refractivity contribution in [2.45, 2.75) is 51.4 Å². The van der Waals surface area contributed by atoms with Crippen molar-refractivity contribution in [3.63, 3.8) is 0 Å². The number of fused-ring (bicyclic) bond motifs is 6. The summed E-state index contributed by atoms with van der Waals surface area (Å²) in [5.74, 6) is -0.178. The predicted molar refractivity (Wildman–Crippen MR) is 197 cm³/mol. The van der Waals surface area contributed by atoms with Crippen molar-refractivity contribution in [2.75, 3.05) is 9.80 Å². The van der Waals surface area contributed by atoms with Gasteiger partial charge in [-0.05, 0) is 88.7 Å². The van der Waals surface area contributed by atoms with Crippen LogP contribution in [-0.4, -0.2) is 5.78 Å². The van der Waals surface area contributed by atoms with Gasteiger partial charge in [0.25, 0.3) is 0 Å². The maximum Gasteiger partial charge on any atom is 0.194 e. The van der Waals surface area contributed by atoms with Crippen LogP contribution in [0.1, 0.15) is 78.7 Å². The molecule has 0 bridgehead atoms. The van der Waals surface area contributed by atoms with E-state index in [-0.39, 0.29) is 16.6 Å². The Bertz CT molecular complexity index is 2560. The Balaban J connectivity index is 1.29. The molecule has 5 aliphatic rings. The lowest BCUT2D eigenvalue weighted by atomic mass is 9.70. The van der Waals surface area contributed by atoms with E-state index in [9.17, 15) is 15.3 Å². The molecule has 4 aromatic carbocycles. The first kappa shape index (κ1) is 29.8. The molecule has 5 heteroatoms. The van der Waals surface area contributed by atoms with Gasteiger partial charge in [-0.1, -0.05) is 87.7 Å². The SMILES string of the molecule is CC1(C)C2=CCCC=C2N(c2cc3c(cc2C#N)C(=O)c2cc(C#N)c(N4C5=C(C=C=C=C5)C(C)(C)c5ccccc54)cc2-3)c2ccccc21. The Morgan fingerprint density at radius 1 is 0.640 bits per heavy atom. The number of carbonyl (C=O) groups excluding carboxylic acids is 1. The molecule has 0 spiro atoms. The highest BCUT2D eigenvalue weighted by Gasteiger charge is 2.42. The van der Waals surface area contributed by atoms with Crippen molar-refractivity contribution in [1.82, 2.24) is 0 Å². The van der Waals surface area contributed by atoms with E-state index in [0.717, 1.165) is 63.6 Å². The van der Waals surface area contributed by atoms with Crippen molar-refractivity contribution in [3.8, 4) is 23.3 Å². The van der Waals surface area contributed by atoms with Gasteiger partial charge in [0.2, 0.25) is 0 Å². The molecule has 3 aliphatic carbocycles. The fraction of sp³-hybridized carbons (Fsp3) is 0.178. The van der Waals surface area contributed by atoms with Crippen LogP contribution in [0.25, 0.3) is 11.1 Å². The maximum absolute atomic E-state index is 14.1. The van der Waals surface area contributed by atoms with Crippen LogP contribution in [0.4, 0.5) is 22.7 Å². The van der Waals surface area contributed by atoms with Crippen LogP contribution < -0.4 is 9.80 Å². The van der Waals surface area contributed by atoms with E-state index < -0.39 is 0 Å². The third-order valence-electron chi connectivity index (χ3n) is 11.2. The lowest BCUT2D eigenvalue weighted by Gasteiger charge is -2.45. The van der Waals surface area contributed by atoms with Crippen molar-refractivity contribution in [2.24, 2.45) is 0 Å². The van der Waals surface area contributed by atoms with Gasteiger partial charge in [0, 0.05) is 33.7 Å². The molecule has 0 atom stereocenters.